The van der Waals surface area contributed by atoms with Crippen molar-refractivity contribution in [2.45, 2.75) is 161 Å². The Hall–Kier alpha value is -0.620. The van der Waals surface area contributed by atoms with Crippen LogP contribution in [0.5, 0.6) is 0 Å². The topological polar surface area (TPSA) is 160 Å². The van der Waals surface area contributed by atoms with Crippen molar-refractivity contribution >= 4 is 0 Å². The van der Waals surface area contributed by atoms with Gasteiger partial charge < -0.3 is 45.2 Å². The first-order chi connectivity index (χ1) is 20.7. The van der Waals surface area contributed by atoms with E-state index in [4.69, 9.17) is 9.47 Å². The first kappa shape index (κ1) is 35.7. The molecule has 4 aliphatic carbocycles. The predicted molar refractivity (Wildman–Crippen MR) is 170 cm³/mol. The van der Waals surface area contributed by atoms with E-state index in [9.17, 15) is 35.7 Å². The molecular weight excluding hydrogens is 576 g/mol. The van der Waals surface area contributed by atoms with E-state index in [1.54, 1.807) is 0 Å². The molecule has 5 rings (SSSR count). The van der Waals surface area contributed by atoms with E-state index in [0.717, 1.165) is 25.7 Å². The molecule has 45 heavy (non-hydrogen) atoms. The van der Waals surface area contributed by atoms with E-state index >= 15 is 0 Å². The zero-order chi connectivity index (χ0) is 33.5. The number of aliphatic hydroxyl groups excluding tert-OH is 6. The quantitative estimate of drug-likeness (QED) is 0.164. The fraction of sp³-hybridized carbons (Fsp3) is 0.944. The Morgan fingerprint density at radius 1 is 0.933 bits per heavy atom. The summed E-state index contributed by atoms with van der Waals surface area (Å²) >= 11 is 0. The number of hydrogen-bond acceptors (Lipinski definition) is 9. The van der Waals surface area contributed by atoms with Gasteiger partial charge in [-0.1, -0.05) is 46.3 Å². The van der Waals surface area contributed by atoms with Crippen molar-refractivity contribution < 1.29 is 45.2 Å². The predicted octanol–water partition coefficient (Wildman–Crippen LogP) is 3.30. The molecule has 0 radical (unpaired) electrons. The molecule has 0 aromatic carbocycles. The molecule has 0 aromatic rings. The van der Waals surface area contributed by atoms with Gasteiger partial charge in [-0.3, -0.25) is 0 Å². The van der Waals surface area contributed by atoms with E-state index in [1.165, 1.54) is 5.57 Å². The van der Waals surface area contributed by atoms with Crippen LogP contribution in [0.1, 0.15) is 107 Å². The number of allylic oxidation sites excluding steroid dienone is 2. The van der Waals surface area contributed by atoms with Crippen molar-refractivity contribution in [3.8, 4) is 0 Å². The monoisotopic (exact) mass is 638 g/mol. The van der Waals surface area contributed by atoms with Gasteiger partial charge >= 0.3 is 0 Å². The molecule has 0 bridgehead atoms. The van der Waals surface area contributed by atoms with Gasteiger partial charge in [0.2, 0.25) is 0 Å². The molecule has 7 N–H and O–H groups in total. The van der Waals surface area contributed by atoms with Gasteiger partial charge in [-0.05, 0) is 117 Å². The zero-order valence-electron chi connectivity index (χ0n) is 28.8. The molecule has 0 spiro atoms. The largest absolute Gasteiger partial charge is 0.394 e. The zero-order valence-corrected chi connectivity index (χ0v) is 28.8. The summed E-state index contributed by atoms with van der Waals surface area (Å²) in [5.74, 6) is 0.343. The highest BCUT2D eigenvalue weighted by Gasteiger charge is 2.72. The Morgan fingerprint density at radius 2 is 1.60 bits per heavy atom. The van der Waals surface area contributed by atoms with Crippen LogP contribution >= 0.6 is 0 Å². The summed E-state index contributed by atoms with van der Waals surface area (Å²) in [4.78, 5) is 0. The molecule has 0 aromatic heterocycles. The summed E-state index contributed by atoms with van der Waals surface area (Å²) in [6.45, 7) is 16.5. The lowest BCUT2D eigenvalue weighted by Gasteiger charge is -2.72. The molecule has 4 saturated carbocycles. The van der Waals surface area contributed by atoms with Crippen LogP contribution in [-0.2, 0) is 9.47 Å². The van der Waals surface area contributed by atoms with Crippen LogP contribution in [0.2, 0.25) is 0 Å². The molecule has 15 unspecified atom stereocenters. The van der Waals surface area contributed by atoms with Gasteiger partial charge in [0, 0.05) is 0 Å². The van der Waals surface area contributed by atoms with Crippen molar-refractivity contribution in [3.05, 3.63) is 11.6 Å². The standard InChI is InChI=1S/C36H62O9/c1-19(10-9-13-32(2,3)43)20-11-15-35(7)26(20)21(38)16-24-34(6)14-12-25(39)33(4,5)30(34)22(17-36(24,35)8)44-31-29(42)28(41)27(40)23(18-37)45-31/h10,20-31,37-43H,9,11-18H2,1-8H3. The van der Waals surface area contributed by atoms with Gasteiger partial charge in [0.05, 0.1) is 30.5 Å². The highest BCUT2D eigenvalue weighted by atomic mass is 16.7. The second-order valence-corrected chi connectivity index (χ2v) is 17.6. The van der Waals surface area contributed by atoms with Crippen LogP contribution < -0.4 is 0 Å². The van der Waals surface area contributed by atoms with Gasteiger partial charge in [0.25, 0.3) is 0 Å². The third-order valence-electron chi connectivity index (χ3n) is 14.2. The van der Waals surface area contributed by atoms with Crippen molar-refractivity contribution in [1.82, 2.24) is 0 Å². The number of rotatable bonds is 7. The summed E-state index contributed by atoms with van der Waals surface area (Å²) < 4.78 is 12.6. The lowest BCUT2D eigenvalue weighted by atomic mass is 9.34. The number of hydrogen-bond donors (Lipinski definition) is 7. The van der Waals surface area contributed by atoms with Crippen LogP contribution in [0.4, 0.5) is 0 Å². The normalized spacial score (nSPS) is 51.8. The minimum atomic E-state index is -1.53. The molecule has 260 valence electrons. The van der Waals surface area contributed by atoms with Crippen molar-refractivity contribution in [2.75, 3.05) is 6.61 Å². The Kier molecular flexibility index (Phi) is 9.56. The summed E-state index contributed by atoms with van der Waals surface area (Å²) in [7, 11) is 0. The van der Waals surface area contributed by atoms with Crippen LogP contribution in [0.3, 0.4) is 0 Å². The third-order valence-corrected chi connectivity index (χ3v) is 14.2. The van der Waals surface area contributed by atoms with Gasteiger partial charge in [-0.15, -0.1) is 0 Å². The van der Waals surface area contributed by atoms with Gasteiger partial charge in [0.15, 0.2) is 6.29 Å². The molecule has 9 nitrogen and oxygen atoms in total. The maximum atomic E-state index is 12.1. The highest BCUT2D eigenvalue weighted by Crippen LogP contribution is 2.76. The minimum absolute atomic E-state index is 0.0624. The van der Waals surface area contributed by atoms with E-state index in [2.05, 4.69) is 47.6 Å². The van der Waals surface area contributed by atoms with E-state index < -0.39 is 66.6 Å². The fourth-order valence-corrected chi connectivity index (χ4v) is 11.7. The van der Waals surface area contributed by atoms with Crippen LogP contribution in [0, 0.1) is 45.3 Å². The summed E-state index contributed by atoms with van der Waals surface area (Å²) in [5.41, 5.74) is -0.729. The number of fused-ring (bicyclic) bond motifs is 5. The molecular formula is C36H62O9. The minimum Gasteiger partial charge on any atom is -0.394 e. The Morgan fingerprint density at radius 3 is 2.22 bits per heavy atom. The second kappa shape index (κ2) is 12.1. The smallest absolute Gasteiger partial charge is 0.186 e. The molecule has 5 fully saturated rings. The molecule has 1 saturated heterocycles. The third kappa shape index (κ3) is 5.68. The number of ether oxygens (including phenoxy) is 2. The van der Waals surface area contributed by atoms with Crippen molar-refractivity contribution in [1.29, 1.82) is 0 Å². The van der Waals surface area contributed by atoms with E-state index in [-0.39, 0.29) is 39.9 Å². The van der Waals surface area contributed by atoms with Crippen LogP contribution in [-0.4, -0.2) is 97.0 Å². The average Bonchev–Trinajstić information content (AvgIpc) is 3.32. The molecule has 9 heteroatoms. The molecule has 1 aliphatic heterocycles. The average molecular weight is 639 g/mol. The van der Waals surface area contributed by atoms with Crippen LogP contribution in [0.25, 0.3) is 0 Å². The first-order valence-corrected chi connectivity index (χ1v) is 17.4. The van der Waals surface area contributed by atoms with E-state index in [1.807, 2.05) is 13.8 Å². The van der Waals surface area contributed by atoms with Crippen molar-refractivity contribution in [2.24, 2.45) is 45.3 Å². The SMILES string of the molecule is CC(=CCCC(C)(C)O)C1CCC2(C)C1C(O)CC1C3(C)CCC(O)C(C)(C)C3C(OC3OC(CO)C(O)C(O)C3O)CC12C. The molecule has 5 aliphatic rings. The lowest BCUT2D eigenvalue weighted by Crippen LogP contribution is -2.70. The fourth-order valence-electron chi connectivity index (χ4n) is 11.7. The molecule has 1 heterocycles. The van der Waals surface area contributed by atoms with Crippen LogP contribution in [0.15, 0.2) is 11.6 Å². The first-order valence-electron chi connectivity index (χ1n) is 17.4. The Bertz CT molecular complexity index is 1100. The Balaban J connectivity index is 1.52. The maximum Gasteiger partial charge on any atom is 0.186 e. The van der Waals surface area contributed by atoms with Gasteiger partial charge in [-0.25, -0.2) is 0 Å². The summed E-state index contributed by atoms with van der Waals surface area (Å²) in [5, 5.41) is 75.5. The highest BCUT2D eigenvalue weighted by molar-refractivity contribution is 5.24. The van der Waals surface area contributed by atoms with Gasteiger partial charge in [-0.2, -0.15) is 0 Å². The summed E-state index contributed by atoms with van der Waals surface area (Å²) in [6, 6.07) is 0. The summed E-state index contributed by atoms with van der Waals surface area (Å²) in [6.07, 6.45) is 0.140. The molecule has 15 atom stereocenters. The van der Waals surface area contributed by atoms with Gasteiger partial charge in [0.1, 0.15) is 24.4 Å². The van der Waals surface area contributed by atoms with Crippen molar-refractivity contribution in [3.63, 3.8) is 0 Å². The maximum absolute atomic E-state index is 12.1. The van der Waals surface area contributed by atoms with E-state index in [0.29, 0.717) is 25.7 Å². The number of aliphatic hydroxyl groups is 7. The Labute approximate surface area is 270 Å². The second-order valence-electron chi connectivity index (χ2n) is 17.6. The molecule has 0 amide bonds. The lowest BCUT2D eigenvalue weighted by molar-refractivity contribution is -0.346.